The molecule has 3 atom stereocenters. The molecular weight excluding hydrogens is 252 g/mol. The maximum absolute atomic E-state index is 11.7. The molecule has 2 bridgehead atoms. The lowest BCUT2D eigenvalue weighted by molar-refractivity contribution is -0.121. The fourth-order valence-electron chi connectivity index (χ4n) is 3.46. The lowest BCUT2D eigenvalue weighted by Crippen LogP contribution is -2.26. The van der Waals surface area contributed by atoms with Gasteiger partial charge in [-0.2, -0.15) is 5.10 Å². The van der Waals surface area contributed by atoms with Gasteiger partial charge in [0, 0.05) is 19.5 Å². The highest BCUT2D eigenvalue weighted by Crippen LogP contribution is 2.44. The summed E-state index contributed by atoms with van der Waals surface area (Å²) >= 11 is 0. The first kappa shape index (κ1) is 13.3. The van der Waals surface area contributed by atoms with Crippen LogP contribution in [0.15, 0.2) is 24.8 Å². The van der Waals surface area contributed by atoms with E-state index >= 15 is 0 Å². The Kier molecular flexibility index (Phi) is 4.14. The lowest BCUT2D eigenvalue weighted by atomic mass is 9.91. The number of carbonyl (C=O) groups excluding carboxylic acids is 1. The zero-order chi connectivity index (χ0) is 13.8. The number of fused-ring (bicyclic) bond motifs is 2. The minimum Gasteiger partial charge on any atom is -0.356 e. The topological polar surface area (TPSA) is 59.8 Å². The van der Waals surface area contributed by atoms with Gasteiger partial charge in [-0.05, 0) is 43.4 Å². The van der Waals surface area contributed by atoms with Crippen LogP contribution in [0.4, 0.5) is 0 Å². The first-order chi connectivity index (χ1) is 9.81. The molecule has 0 aromatic carbocycles. The van der Waals surface area contributed by atoms with Crippen molar-refractivity contribution < 1.29 is 4.79 Å². The summed E-state index contributed by atoms with van der Waals surface area (Å²) in [6.45, 7) is 1.58. The second-order valence-electron chi connectivity index (χ2n) is 5.94. The summed E-state index contributed by atoms with van der Waals surface area (Å²) < 4.78 is 1.76. The van der Waals surface area contributed by atoms with Gasteiger partial charge in [0.1, 0.15) is 12.7 Å². The Morgan fingerprint density at radius 2 is 2.30 bits per heavy atom. The Balaban J connectivity index is 1.27. The fraction of sp³-hybridized carbons (Fsp3) is 0.667. The molecule has 108 valence electrons. The van der Waals surface area contributed by atoms with Gasteiger partial charge >= 0.3 is 0 Å². The zero-order valence-electron chi connectivity index (χ0n) is 11.7. The van der Waals surface area contributed by atoms with Gasteiger partial charge in [0.15, 0.2) is 0 Å². The van der Waals surface area contributed by atoms with Crippen molar-refractivity contribution in [1.29, 1.82) is 0 Å². The molecule has 0 radical (unpaired) electrons. The van der Waals surface area contributed by atoms with Gasteiger partial charge < -0.3 is 5.32 Å². The maximum atomic E-state index is 11.7. The molecule has 0 unspecified atom stereocenters. The molecule has 3 rings (SSSR count). The third kappa shape index (κ3) is 3.26. The molecule has 20 heavy (non-hydrogen) atoms. The van der Waals surface area contributed by atoms with Crippen LogP contribution in [0.3, 0.4) is 0 Å². The third-order valence-electron chi connectivity index (χ3n) is 4.51. The summed E-state index contributed by atoms with van der Waals surface area (Å²) in [6.07, 6.45) is 13.1. The van der Waals surface area contributed by atoms with Gasteiger partial charge in [0.05, 0.1) is 0 Å². The summed E-state index contributed by atoms with van der Waals surface area (Å²) in [5.41, 5.74) is 0. The van der Waals surface area contributed by atoms with Gasteiger partial charge in [-0.1, -0.05) is 12.2 Å². The molecule has 1 aromatic heterocycles. The summed E-state index contributed by atoms with van der Waals surface area (Å²) in [6, 6.07) is 0. The summed E-state index contributed by atoms with van der Waals surface area (Å²) in [4.78, 5) is 15.6. The summed E-state index contributed by atoms with van der Waals surface area (Å²) in [5, 5.41) is 7.06. The second-order valence-corrected chi connectivity index (χ2v) is 5.94. The van der Waals surface area contributed by atoms with E-state index in [-0.39, 0.29) is 5.91 Å². The average molecular weight is 274 g/mol. The SMILES string of the molecule is O=C(CCCn1cncn1)NCC[C@@H]1C[C@@H]2C=C[C@H]1C2. The Bertz CT molecular complexity index is 468. The van der Waals surface area contributed by atoms with Gasteiger partial charge in [0.2, 0.25) is 5.91 Å². The van der Waals surface area contributed by atoms with E-state index in [1.807, 2.05) is 0 Å². The molecule has 1 heterocycles. The molecule has 0 saturated heterocycles. The molecule has 1 saturated carbocycles. The number of hydrogen-bond acceptors (Lipinski definition) is 3. The predicted octanol–water partition coefficient (Wildman–Crippen LogP) is 1.78. The molecule has 1 aromatic rings. The number of hydrogen-bond donors (Lipinski definition) is 1. The quantitative estimate of drug-likeness (QED) is 0.771. The van der Waals surface area contributed by atoms with E-state index in [2.05, 4.69) is 27.6 Å². The van der Waals surface area contributed by atoms with E-state index in [1.165, 1.54) is 19.2 Å². The molecule has 0 spiro atoms. The van der Waals surface area contributed by atoms with Crippen molar-refractivity contribution in [3.05, 3.63) is 24.8 Å². The molecule has 1 N–H and O–H groups in total. The molecular formula is C15H22N4O. The lowest BCUT2D eigenvalue weighted by Gasteiger charge is -2.17. The van der Waals surface area contributed by atoms with Crippen LogP contribution in [0.25, 0.3) is 0 Å². The van der Waals surface area contributed by atoms with E-state index in [0.29, 0.717) is 6.42 Å². The molecule has 2 aliphatic carbocycles. The number of nitrogens with zero attached hydrogens (tertiary/aromatic N) is 3. The molecule has 5 nitrogen and oxygen atoms in total. The Morgan fingerprint density at radius 1 is 1.35 bits per heavy atom. The van der Waals surface area contributed by atoms with Crippen molar-refractivity contribution in [3.63, 3.8) is 0 Å². The highest BCUT2D eigenvalue weighted by Gasteiger charge is 2.34. The molecule has 2 aliphatic rings. The van der Waals surface area contributed by atoms with Crippen LogP contribution in [0.1, 0.15) is 32.1 Å². The van der Waals surface area contributed by atoms with Gasteiger partial charge in [-0.15, -0.1) is 0 Å². The fourth-order valence-corrected chi connectivity index (χ4v) is 3.46. The third-order valence-corrected chi connectivity index (χ3v) is 4.51. The minimum absolute atomic E-state index is 0.156. The number of rotatable bonds is 7. The highest BCUT2D eigenvalue weighted by molar-refractivity contribution is 5.75. The monoisotopic (exact) mass is 274 g/mol. The molecule has 0 aliphatic heterocycles. The van der Waals surface area contributed by atoms with E-state index < -0.39 is 0 Å². The number of allylic oxidation sites excluding steroid dienone is 2. The first-order valence-corrected chi connectivity index (χ1v) is 7.58. The van der Waals surface area contributed by atoms with Crippen molar-refractivity contribution in [1.82, 2.24) is 20.1 Å². The smallest absolute Gasteiger partial charge is 0.220 e. The highest BCUT2D eigenvalue weighted by atomic mass is 16.1. The Labute approximate surface area is 119 Å². The van der Waals surface area contributed by atoms with Crippen LogP contribution in [0, 0.1) is 17.8 Å². The van der Waals surface area contributed by atoms with E-state index in [0.717, 1.165) is 43.7 Å². The van der Waals surface area contributed by atoms with Crippen molar-refractivity contribution in [2.45, 2.75) is 38.6 Å². The van der Waals surface area contributed by atoms with Crippen LogP contribution in [-0.2, 0) is 11.3 Å². The zero-order valence-corrected chi connectivity index (χ0v) is 11.7. The van der Waals surface area contributed by atoms with Crippen LogP contribution in [0.5, 0.6) is 0 Å². The number of aryl methyl sites for hydroxylation is 1. The first-order valence-electron chi connectivity index (χ1n) is 7.58. The number of nitrogens with one attached hydrogen (secondary N) is 1. The van der Waals surface area contributed by atoms with E-state index in [9.17, 15) is 4.79 Å². The Morgan fingerprint density at radius 3 is 3.00 bits per heavy atom. The molecule has 1 fully saturated rings. The van der Waals surface area contributed by atoms with Crippen LogP contribution >= 0.6 is 0 Å². The standard InChI is InChI=1S/C15H22N4O/c20-15(2-1-7-19-11-16-10-18-19)17-6-5-14-9-12-3-4-13(14)8-12/h3-4,10-14H,1-2,5-9H2,(H,17,20)/t12-,13+,14-/m1/s1. The molecule has 1 amide bonds. The Hall–Kier alpha value is -1.65. The number of amides is 1. The second kappa shape index (κ2) is 6.20. The number of carbonyl (C=O) groups is 1. The minimum atomic E-state index is 0.156. The van der Waals surface area contributed by atoms with Crippen molar-refractivity contribution in [2.75, 3.05) is 6.54 Å². The molecule has 5 heteroatoms. The van der Waals surface area contributed by atoms with Crippen LogP contribution in [0.2, 0.25) is 0 Å². The largest absolute Gasteiger partial charge is 0.356 e. The normalized spacial score (nSPS) is 27.1. The van der Waals surface area contributed by atoms with Crippen molar-refractivity contribution in [3.8, 4) is 0 Å². The van der Waals surface area contributed by atoms with Gasteiger partial charge in [-0.25, -0.2) is 4.98 Å². The van der Waals surface area contributed by atoms with Gasteiger partial charge in [-0.3, -0.25) is 9.48 Å². The van der Waals surface area contributed by atoms with Crippen molar-refractivity contribution >= 4 is 5.91 Å². The van der Waals surface area contributed by atoms with Crippen LogP contribution in [-0.4, -0.2) is 27.2 Å². The van der Waals surface area contributed by atoms with Crippen molar-refractivity contribution in [2.24, 2.45) is 17.8 Å². The maximum Gasteiger partial charge on any atom is 0.220 e. The average Bonchev–Trinajstić information content (AvgIpc) is 3.16. The number of aromatic nitrogens is 3. The summed E-state index contributed by atoms with van der Waals surface area (Å²) in [5.74, 6) is 2.55. The predicted molar refractivity (Wildman–Crippen MR) is 75.7 cm³/mol. The van der Waals surface area contributed by atoms with Crippen LogP contribution < -0.4 is 5.32 Å². The summed E-state index contributed by atoms with van der Waals surface area (Å²) in [7, 11) is 0. The van der Waals surface area contributed by atoms with Gasteiger partial charge in [0.25, 0.3) is 0 Å². The van der Waals surface area contributed by atoms with E-state index in [4.69, 9.17) is 0 Å². The van der Waals surface area contributed by atoms with E-state index in [1.54, 1.807) is 11.0 Å².